The van der Waals surface area contributed by atoms with Crippen molar-refractivity contribution in [1.29, 1.82) is 0 Å². The van der Waals surface area contributed by atoms with Crippen LogP contribution in [-0.2, 0) is 10.8 Å². The van der Waals surface area contributed by atoms with Gasteiger partial charge in [0.1, 0.15) is 0 Å². The van der Waals surface area contributed by atoms with Crippen molar-refractivity contribution in [2.24, 2.45) is 0 Å². The fraction of sp³-hybridized carbons (Fsp3) is 0.106. The molecule has 0 saturated carbocycles. The molecule has 1 atom stereocenters. The van der Waals surface area contributed by atoms with Gasteiger partial charge in [-0.25, -0.2) is 0 Å². The Bertz CT molecular complexity index is 2100. The summed E-state index contributed by atoms with van der Waals surface area (Å²) >= 11 is 0. The average Bonchev–Trinajstić information content (AvgIpc) is 3.16. The van der Waals surface area contributed by atoms with Crippen LogP contribution in [0.5, 0.6) is 0 Å². The topological polar surface area (TPSA) is 3.24 Å². The molecule has 1 nitrogen and oxygen atoms in total. The minimum Gasteiger partial charge on any atom is -0.311 e. The standard InChI is InChI=1S/C47H39N/c1-46(2)44-20-12-10-18-42(44)43-19-11-13-21-45(43)47(46,3)38-26-32-41(33-27-38)48(39-28-22-36(23-29-39)34-14-6-4-7-15-34)40-30-24-37(25-31-40)35-16-8-5-9-17-35/h4-33H,1-3H3. The number of hydrogen-bond donors (Lipinski definition) is 0. The average molecular weight is 618 g/mol. The van der Waals surface area contributed by atoms with E-state index < -0.39 is 0 Å². The predicted molar refractivity (Wildman–Crippen MR) is 203 cm³/mol. The van der Waals surface area contributed by atoms with E-state index >= 15 is 0 Å². The van der Waals surface area contributed by atoms with Gasteiger partial charge in [0.25, 0.3) is 0 Å². The molecule has 0 spiro atoms. The maximum atomic E-state index is 2.43. The summed E-state index contributed by atoms with van der Waals surface area (Å²) in [5, 5.41) is 0. The highest BCUT2D eigenvalue weighted by molar-refractivity contribution is 5.82. The number of nitrogens with zero attached hydrogens (tertiary/aromatic N) is 1. The minimum absolute atomic E-state index is 0.125. The third-order valence-electron chi connectivity index (χ3n) is 10.8. The third kappa shape index (κ3) is 4.86. The van der Waals surface area contributed by atoms with Gasteiger partial charge in [-0.3, -0.25) is 0 Å². The van der Waals surface area contributed by atoms with E-state index in [4.69, 9.17) is 0 Å². The van der Waals surface area contributed by atoms with E-state index in [0.717, 1.165) is 17.1 Å². The van der Waals surface area contributed by atoms with Crippen LogP contribution in [0.4, 0.5) is 17.1 Å². The van der Waals surface area contributed by atoms with E-state index in [1.54, 1.807) is 0 Å². The summed E-state index contributed by atoms with van der Waals surface area (Å²) in [5.41, 5.74) is 14.7. The SMILES string of the molecule is CC1(C)c2ccccc2-c2ccccc2C1(C)c1ccc(N(c2ccc(-c3ccccc3)cc2)c2ccc(-c3ccccc3)cc2)cc1. The van der Waals surface area contributed by atoms with Crippen LogP contribution in [-0.4, -0.2) is 0 Å². The number of fused-ring (bicyclic) bond motifs is 3. The van der Waals surface area contributed by atoms with Crippen molar-refractivity contribution in [3.63, 3.8) is 0 Å². The second kappa shape index (κ2) is 11.9. The smallest absolute Gasteiger partial charge is 0.0462 e. The molecule has 1 unspecified atom stereocenters. The van der Waals surface area contributed by atoms with Crippen molar-refractivity contribution in [3.8, 4) is 33.4 Å². The summed E-state index contributed by atoms with van der Waals surface area (Å²) in [7, 11) is 0. The molecule has 0 radical (unpaired) electrons. The first kappa shape index (κ1) is 29.7. The molecule has 0 bridgehead atoms. The maximum Gasteiger partial charge on any atom is 0.0462 e. The minimum atomic E-state index is -0.226. The number of hydrogen-bond acceptors (Lipinski definition) is 1. The number of rotatable bonds is 6. The first-order valence-corrected chi connectivity index (χ1v) is 16.9. The van der Waals surface area contributed by atoms with Crippen LogP contribution >= 0.6 is 0 Å². The summed E-state index contributed by atoms with van der Waals surface area (Å²) < 4.78 is 0. The molecule has 0 aromatic heterocycles. The van der Waals surface area contributed by atoms with E-state index in [9.17, 15) is 0 Å². The van der Waals surface area contributed by atoms with Crippen molar-refractivity contribution < 1.29 is 0 Å². The Labute approximate surface area is 284 Å². The lowest BCUT2D eigenvalue weighted by Gasteiger charge is -2.50. The first-order valence-electron chi connectivity index (χ1n) is 16.9. The highest BCUT2D eigenvalue weighted by atomic mass is 15.1. The van der Waals surface area contributed by atoms with Crippen LogP contribution in [0, 0.1) is 0 Å². The predicted octanol–water partition coefficient (Wildman–Crippen LogP) is 12.8. The molecule has 1 aliphatic carbocycles. The summed E-state index contributed by atoms with van der Waals surface area (Å²) in [5.74, 6) is 0. The van der Waals surface area contributed by atoms with Gasteiger partial charge in [0.15, 0.2) is 0 Å². The molecule has 7 aromatic carbocycles. The van der Waals surface area contributed by atoms with Crippen molar-refractivity contribution in [2.45, 2.75) is 31.6 Å². The second-order valence-corrected chi connectivity index (χ2v) is 13.5. The molecule has 0 N–H and O–H groups in total. The van der Waals surface area contributed by atoms with Crippen LogP contribution < -0.4 is 4.90 Å². The Morgan fingerprint density at radius 2 is 0.688 bits per heavy atom. The zero-order chi connectivity index (χ0) is 32.7. The lowest BCUT2D eigenvalue weighted by atomic mass is 9.52. The van der Waals surface area contributed by atoms with Gasteiger partial charge in [0, 0.05) is 27.9 Å². The Balaban J connectivity index is 1.22. The van der Waals surface area contributed by atoms with Gasteiger partial charge in [0.2, 0.25) is 0 Å². The van der Waals surface area contributed by atoms with Gasteiger partial charge in [0.05, 0.1) is 0 Å². The summed E-state index contributed by atoms with van der Waals surface area (Å²) in [6.45, 7) is 7.24. The molecule has 0 heterocycles. The Morgan fingerprint density at radius 3 is 1.17 bits per heavy atom. The van der Waals surface area contributed by atoms with Crippen molar-refractivity contribution >= 4 is 17.1 Å². The molecule has 0 amide bonds. The van der Waals surface area contributed by atoms with Crippen LogP contribution in [0.2, 0.25) is 0 Å². The largest absolute Gasteiger partial charge is 0.311 e. The molecule has 8 rings (SSSR count). The lowest BCUT2D eigenvalue weighted by Crippen LogP contribution is -2.46. The zero-order valence-electron chi connectivity index (χ0n) is 27.8. The van der Waals surface area contributed by atoms with Gasteiger partial charge < -0.3 is 4.90 Å². The molecule has 0 fully saturated rings. The zero-order valence-corrected chi connectivity index (χ0v) is 27.8. The highest BCUT2D eigenvalue weighted by Crippen LogP contribution is 2.57. The fourth-order valence-corrected chi connectivity index (χ4v) is 7.80. The molecule has 0 aliphatic heterocycles. The van der Waals surface area contributed by atoms with Crippen LogP contribution in [0.25, 0.3) is 33.4 Å². The number of anilines is 3. The Morgan fingerprint density at radius 1 is 0.333 bits per heavy atom. The van der Waals surface area contributed by atoms with E-state index in [1.165, 1.54) is 50.1 Å². The lowest BCUT2D eigenvalue weighted by molar-refractivity contribution is 0.326. The Hall–Kier alpha value is -5.66. The molecule has 0 saturated heterocycles. The maximum absolute atomic E-state index is 2.43. The van der Waals surface area contributed by atoms with Crippen molar-refractivity contribution in [1.82, 2.24) is 0 Å². The van der Waals surface area contributed by atoms with Crippen molar-refractivity contribution in [2.75, 3.05) is 4.90 Å². The molecular weight excluding hydrogens is 579 g/mol. The van der Waals surface area contributed by atoms with Gasteiger partial charge in [-0.1, -0.05) is 166 Å². The van der Waals surface area contributed by atoms with Crippen LogP contribution in [0.1, 0.15) is 37.5 Å². The van der Waals surface area contributed by atoms with Crippen molar-refractivity contribution in [3.05, 3.63) is 199 Å². The summed E-state index contributed by atoms with van der Waals surface area (Å²) in [4.78, 5) is 2.37. The van der Waals surface area contributed by atoms with Gasteiger partial charge in [-0.05, 0) is 86.5 Å². The fourth-order valence-electron chi connectivity index (χ4n) is 7.80. The normalized spacial score (nSPS) is 16.1. The molecule has 7 aromatic rings. The van der Waals surface area contributed by atoms with Gasteiger partial charge >= 0.3 is 0 Å². The van der Waals surface area contributed by atoms with Gasteiger partial charge in [-0.15, -0.1) is 0 Å². The monoisotopic (exact) mass is 617 g/mol. The van der Waals surface area contributed by atoms with Crippen LogP contribution in [0.3, 0.4) is 0 Å². The highest BCUT2D eigenvalue weighted by Gasteiger charge is 2.49. The number of benzene rings is 7. The van der Waals surface area contributed by atoms with E-state index in [-0.39, 0.29) is 10.8 Å². The molecule has 1 heteroatoms. The molecule has 232 valence electrons. The summed E-state index contributed by atoms with van der Waals surface area (Å²) in [6, 6.07) is 66.2. The Kier molecular flexibility index (Phi) is 7.34. The quantitative estimate of drug-likeness (QED) is 0.179. The van der Waals surface area contributed by atoms with E-state index in [1.807, 2.05) is 0 Å². The molecule has 1 aliphatic rings. The van der Waals surface area contributed by atoms with Crippen LogP contribution in [0.15, 0.2) is 182 Å². The molecular formula is C47H39N. The van der Waals surface area contributed by atoms with E-state index in [2.05, 4.69) is 208 Å². The van der Waals surface area contributed by atoms with E-state index in [0.29, 0.717) is 0 Å². The molecule has 48 heavy (non-hydrogen) atoms. The second-order valence-electron chi connectivity index (χ2n) is 13.5. The first-order chi connectivity index (χ1) is 23.4. The van der Waals surface area contributed by atoms with Gasteiger partial charge in [-0.2, -0.15) is 0 Å². The third-order valence-corrected chi connectivity index (χ3v) is 10.8. The summed E-state index contributed by atoms with van der Waals surface area (Å²) in [6.07, 6.45) is 0.